The van der Waals surface area contributed by atoms with E-state index < -0.39 is 0 Å². The van der Waals surface area contributed by atoms with E-state index in [4.69, 9.17) is 4.74 Å². The molecule has 1 fully saturated rings. The van der Waals surface area contributed by atoms with E-state index in [9.17, 15) is 5.11 Å². The number of pyridine rings is 1. The summed E-state index contributed by atoms with van der Waals surface area (Å²) in [6.45, 7) is 7.03. The summed E-state index contributed by atoms with van der Waals surface area (Å²) in [7, 11) is 1.71. The van der Waals surface area contributed by atoms with Crippen LogP contribution in [0.4, 0.5) is 0 Å². The Morgan fingerprint density at radius 1 is 1.13 bits per heavy atom. The zero-order chi connectivity index (χ0) is 21.6. The fourth-order valence-electron chi connectivity index (χ4n) is 4.53. The molecule has 1 N–H and O–H groups in total. The van der Waals surface area contributed by atoms with E-state index in [2.05, 4.69) is 68.9 Å². The molecule has 3 heterocycles. The van der Waals surface area contributed by atoms with E-state index in [0.29, 0.717) is 6.04 Å². The average Bonchev–Trinajstić information content (AvgIpc) is 3.24. The van der Waals surface area contributed by atoms with Crippen molar-refractivity contribution >= 4 is 0 Å². The van der Waals surface area contributed by atoms with Crippen molar-refractivity contribution in [1.29, 1.82) is 0 Å². The molecule has 0 bridgehead atoms. The van der Waals surface area contributed by atoms with Crippen LogP contribution in [0.2, 0.25) is 0 Å². The second-order valence-corrected chi connectivity index (χ2v) is 8.26. The van der Waals surface area contributed by atoms with E-state index in [0.717, 1.165) is 56.1 Å². The number of ether oxygens (including phenoxy) is 1. The molecule has 6 heteroatoms. The topological polar surface area (TPSA) is 53.8 Å². The monoisotopic (exact) mass is 420 g/mol. The zero-order valence-corrected chi connectivity index (χ0v) is 18.4. The first-order valence-corrected chi connectivity index (χ1v) is 11.0. The predicted octanol–water partition coefficient (Wildman–Crippen LogP) is 3.26. The first-order valence-electron chi connectivity index (χ1n) is 11.0. The summed E-state index contributed by atoms with van der Waals surface area (Å²) < 4.78 is 7.60. The van der Waals surface area contributed by atoms with Gasteiger partial charge in [0.15, 0.2) is 0 Å². The number of piperazine rings is 1. The summed E-state index contributed by atoms with van der Waals surface area (Å²) in [6, 6.07) is 15.1. The quantitative estimate of drug-likeness (QED) is 0.606. The van der Waals surface area contributed by atoms with Gasteiger partial charge < -0.3 is 14.4 Å². The van der Waals surface area contributed by atoms with Crippen LogP contribution >= 0.6 is 0 Å². The third-order valence-corrected chi connectivity index (χ3v) is 6.14. The minimum absolute atomic E-state index is 0.211. The highest BCUT2D eigenvalue weighted by molar-refractivity contribution is 5.36. The average molecular weight is 421 g/mol. The number of rotatable bonds is 8. The molecule has 31 heavy (non-hydrogen) atoms. The van der Waals surface area contributed by atoms with Crippen molar-refractivity contribution in [3.63, 3.8) is 0 Å². The second-order valence-electron chi connectivity index (χ2n) is 8.26. The Morgan fingerprint density at radius 2 is 2.03 bits per heavy atom. The molecule has 1 atom stereocenters. The van der Waals surface area contributed by atoms with Crippen LogP contribution in [0.3, 0.4) is 0 Å². The van der Waals surface area contributed by atoms with Crippen molar-refractivity contribution in [1.82, 2.24) is 19.4 Å². The summed E-state index contributed by atoms with van der Waals surface area (Å²) in [6.07, 6.45) is 6.58. The minimum atomic E-state index is 0.211. The van der Waals surface area contributed by atoms with Gasteiger partial charge in [0.1, 0.15) is 5.75 Å². The lowest BCUT2D eigenvalue weighted by Crippen LogP contribution is -2.52. The van der Waals surface area contributed by atoms with Crippen molar-refractivity contribution in [2.45, 2.75) is 32.5 Å². The van der Waals surface area contributed by atoms with Crippen LogP contribution in [0.5, 0.6) is 5.75 Å². The number of benzene rings is 1. The molecule has 0 aliphatic carbocycles. The molecule has 0 unspecified atom stereocenters. The molecule has 0 saturated carbocycles. The predicted molar refractivity (Wildman–Crippen MR) is 122 cm³/mol. The van der Waals surface area contributed by atoms with Gasteiger partial charge in [0, 0.05) is 63.5 Å². The highest BCUT2D eigenvalue weighted by atomic mass is 16.5. The van der Waals surface area contributed by atoms with Gasteiger partial charge in [-0.1, -0.05) is 12.1 Å². The highest BCUT2D eigenvalue weighted by Gasteiger charge is 2.27. The molecule has 1 aliphatic heterocycles. The third kappa shape index (κ3) is 5.15. The lowest BCUT2D eigenvalue weighted by Gasteiger charge is -2.41. The lowest BCUT2D eigenvalue weighted by atomic mass is 10.1. The van der Waals surface area contributed by atoms with Crippen molar-refractivity contribution in [2.75, 3.05) is 33.4 Å². The number of hydrogen-bond acceptors (Lipinski definition) is 5. The van der Waals surface area contributed by atoms with Gasteiger partial charge in [0.05, 0.1) is 19.0 Å². The number of aromatic nitrogens is 2. The normalized spacial score (nSPS) is 17.7. The van der Waals surface area contributed by atoms with Gasteiger partial charge in [-0.15, -0.1) is 0 Å². The van der Waals surface area contributed by atoms with E-state index in [-0.39, 0.29) is 6.61 Å². The molecule has 3 aromatic rings. The molecule has 0 amide bonds. The molecule has 164 valence electrons. The molecule has 2 aromatic heterocycles. The smallest absolute Gasteiger partial charge is 0.121 e. The molecule has 1 aromatic carbocycles. The van der Waals surface area contributed by atoms with Crippen LogP contribution in [0.15, 0.2) is 61.1 Å². The van der Waals surface area contributed by atoms with Crippen LogP contribution in [0.1, 0.15) is 23.2 Å². The Hall–Kier alpha value is -2.67. The van der Waals surface area contributed by atoms with Gasteiger partial charge >= 0.3 is 0 Å². The van der Waals surface area contributed by atoms with E-state index >= 15 is 0 Å². The van der Waals surface area contributed by atoms with Crippen LogP contribution in [0, 0.1) is 6.92 Å². The van der Waals surface area contributed by atoms with Crippen molar-refractivity contribution in [2.24, 2.45) is 0 Å². The van der Waals surface area contributed by atoms with Crippen molar-refractivity contribution < 1.29 is 9.84 Å². The van der Waals surface area contributed by atoms with Crippen molar-refractivity contribution in [3.8, 4) is 11.4 Å². The number of methoxy groups -OCH3 is 1. The number of nitrogens with zero attached hydrogens (tertiary/aromatic N) is 4. The number of aryl methyl sites for hydroxylation is 1. The molecular weight excluding hydrogens is 388 g/mol. The third-order valence-electron chi connectivity index (χ3n) is 6.14. The fraction of sp³-hybridized carbons (Fsp3) is 0.400. The van der Waals surface area contributed by atoms with Gasteiger partial charge in [-0.25, -0.2) is 0 Å². The summed E-state index contributed by atoms with van der Waals surface area (Å²) in [5.41, 5.74) is 4.80. The summed E-state index contributed by atoms with van der Waals surface area (Å²) >= 11 is 0. The highest BCUT2D eigenvalue weighted by Crippen LogP contribution is 2.23. The maximum absolute atomic E-state index is 9.68. The van der Waals surface area contributed by atoms with Crippen LogP contribution in [-0.4, -0.2) is 63.9 Å². The SMILES string of the molecule is COc1ccc(CN2CCN(Cc3cccn3-c3cccnc3)C[C@H]2CCO)cc1C. The second kappa shape index (κ2) is 10.1. The van der Waals surface area contributed by atoms with Crippen molar-refractivity contribution in [3.05, 3.63) is 77.9 Å². The summed E-state index contributed by atoms with van der Waals surface area (Å²) in [5.74, 6) is 0.928. The Balaban J connectivity index is 1.43. The number of aliphatic hydroxyl groups is 1. The van der Waals surface area contributed by atoms with Gasteiger partial charge in [-0.05, 0) is 54.8 Å². The number of aliphatic hydroxyl groups excluding tert-OH is 1. The van der Waals surface area contributed by atoms with Gasteiger partial charge in [-0.3, -0.25) is 14.8 Å². The number of hydrogen-bond donors (Lipinski definition) is 1. The van der Waals surface area contributed by atoms with Crippen LogP contribution in [0.25, 0.3) is 5.69 Å². The summed E-state index contributed by atoms with van der Waals surface area (Å²) in [4.78, 5) is 9.26. The minimum Gasteiger partial charge on any atom is -0.496 e. The largest absolute Gasteiger partial charge is 0.496 e. The molecule has 1 saturated heterocycles. The maximum atomic E-state index is 9.68. The van der Waals surface area contributed by atoms with Gasteiger partial charge in [0.25, 0.3) is 0 Å². The summed E-state index contributed by atoms with van der Waals surface area (Å²) in [5, 5.41) is 9.68. The Labute approximate surface area is 184 Å². The molecule has 0 spiro atoms. The van der Waals surface area contributed by atoms with Gasteiger partial charge in [0.2, 0.25) is 0 Å². The Bertz CT molecular complexity index is 973. The van der Waals surface area contributed by atoms with Gasteiger partial charge in [-0.2, -0.15) is 0 Å². The Morgan fingerprint density at radius 3 is 2.77 bits per heavy atom. The lowest BCUT2D eigenvalue weighted by molar-refractivity contribution is 0.0492. The zero-order valence-electron chi connectivity index (χ0n) is 18.4. The first-order chi connectivity index (χ1) is 15.2. The maximum Gasteiger partial charge on any atom is 0.121 e. The standard InChI is InChI=1S/C25H32N4O2/c1-20-15-21(7-8-25(20)31-2)17-28-13-12-27(18-23(28)9-14-30)19-24-6-4-11-29(24)22-5-3-10-26-16-22/h3-8,10-11,15-16,23,30H,9,12-14,17-19H2,1-2H3/t23-/m1/s1. The van der Waals surface area contributed by atoms with Crippen LogP contribution < -0.4 is 4.74 Å². The van der Waals surface area contributed by atoms with E-state index in [1.807, 2.05) is 12.3 Å². The fourth-order valence-corrected chi connectivity index (χ4v) is 4.53. The first kappa shape index (κ1) is 21.6. The molecular formula is C25H32N4O2. The van der Waals surface area contributed by atoms with Crippen LogP contribution in [-0.2, 0) is 13.1 Å². The molecule has 4 rings (SSSR count). The van der Waals surface area contributed by atoms with E-state index in [1.165, 1.54) is 11.3 Å². The molecule has 0 radical (unpaired) electrons. The van der Waals surface area contributed by atoms with E-state index in [1.54, 1.807) is 13.3 Å². The molecule has 6 nitrogen and oxygen atoms in total. The molecule has 1 aliphatic rings. The Kier molecular flexibility index (Phi) is 7.02.